The highest BCUT2D eigenvalue weighted by molar-refractivity contribution is 5.94. The summed E-state index contributed by atoms with van der Waals surface area (Å²) < 4.78 is 0. The molecule has 5 heteroatoms. The van der Waals surface area contributed by atoms with Crippen molar-refractivity contribution in [1.29, 1.82) is 0 Å². The normalized spacial score (nSPS) is 15.0. The van der Waals surface area contributed by atoms with E-state index < -0.39 is 5.97 Å². The summed E-state index contributed by atoms with van der Waals surface area (Å²) in [4.78, 5) is 26.8. The summed E-state index contributed by atoms with van der Waals surface area (Å²) in [6.45, 7) is 1.70. The molecule has 1 saturated carbocycles. The number of aliphatic carboxylic acids is 1. The lowest BCUT2D eigenvalue weighted by molar-refractivity contribution is -0.138. The number of hydrogen-bond acceptors (Lipinski definition) is 2. The summed E-state index contributed by atoms with van der Waals surface area (Å²) >= 11 is 0. The van der Waals surface area contributed by atoms with Gasteiger partial charge in [0.05, 0.1) is 0 Å². The highest BCUT2D eigenvalue weighted by atomic mass is 16.4. The van der Waals surface area contributed by atoms with E-state index in [2.05, 4.69) is 0 Å². The van der Waals surface area contributed by atoms with E-state index >= 15 is 0 Å². The molecule has 1 fully saturated rings. The lowest BCUT2D eigenvalue weighted by Crippen LogP contribution is -2.48. The van der Waals surface area contributed by atoms with Crippen molar-refractivity contribution in [2.75, 3.05) is 18.5 Å². The van der Waals surface area contributed by atoms with E-state index in [0.29, 0.717) is 0 Å². The Hall–Kier alpha value is -2.04. The number of carboxylic acids is 1. The van der Waals surface area contributed by atoms with Crippen LogP contribution in [0.2, 0.25) is 0 Å². The minimum atomic E-state index is -0.964. The molecule has 21 heavy (non-hydrogen) atoms. The number of carboxylic acid groups (broad SMARTS) is 1. The maximum Gasteiger partial charge on any atom is 0.325 e. The summed E-state index contributed by atoms with van der Waals surface area (Å²) in [6.07, 6.45) is 3.89. The lowest BCUT2D eigenvalue weighted by Gasteiger charge is -2.32. The largest absolute Gasteiger partial charge is 0.480 e. The molecular weight excluding hydrogens is 268 g/mol. The molecule has 1 aliphatic rings. The fourth-order valence-corrected chi connectivity index (χ4v) is 2.95. The number of carbonyl (C=O) groups is 2. The number of urea groups is 1. The molecule has 5 nitrogen and oxygen atoms in total. The zero-order valence-corrected chi connectivity index (χ0v) is 12.6. The third-order valence-corrected chi connectivity index (χ3v) is 4.08. The van der Waals surface area contributed by atoms with Gasteiger partial charge in [-0.05, 0) is 31.4 Å². The van der Waals surface area contributed by atoms with Crippen molar-refractivity contribution in [3.63, 3.8) is 0 Å². The summed E-state index contributed by atoms with van der Waals surface area (Å²) in [6, 6.07) is 7.42. The average Bonchev–Trinajstić information content (AvgIpc) is 2.97. The van der Waals surface area contributed by atoms with Crippen molar-refractivity contribution >= 4 is 17.7 Å². The Labute approximate surface area is 125 Å². The third-order valence-electron chi connectivity index (χ3n) is 4.08. The number of carbonyl (C=O) groups excluding carboxylic acids is 1. The van der Waals surface area contributed by atoms with Crippen molar-refractivity contribution in [3.05, 3.63) is 29.8 Å². The fourth-order valence-electron chi connectivity index (χ4n) is 2.95. The molecule has 0 saturated heterocycles. The Bertz CT molecular complexity index is 524. The first-order chi connectivity index (χ1) is 10.0. The Morgan fingerprint density at radius 1 is 1.24 bits per heavy atom. The Kier molecular flexibility index (Phi) is 4.83. The zero-order valence-electron chi connectivity index (χ0n) is 12.6. The zero-order chi connectivity index (χ0) is 15.4. The molecule has 1 aliphatic carbocycles. The quantitative estimate of drug-likeness (QED) is 0.927. The molecule has 0 heterocycles. The monoisotopic (exact) mass is 290 g/mol. The standard InChI is InChI=1S/C16H22N2O3/c1-12-7-3-6-10-14(12)17(2)16(21)18(11-15(19)20)13-8-4-5-9-13/h3,6-7,10,13H,4-5,8-9,11H2,1-2H3,(H,19,20). The van der Waals surface area contributed by atoms with Gasteiger partial charge in [-0.1, -0.05) is 31.0 Å². The number of hydrogen-bond donors (Lipinski definition) is 1. The van der Waals surface area contributed by atoms with Crippen molar-refractivity contribution in [2.24, 2.45) is 0 Å². The maximum absolute atomic E-state index is 12.7. The highest BCUT2D eigenvalue weighted by Crippen LogP contribution is 2.26. The topological polar surface area (TPSA) is 60.9 Å². The van der Waals surface area contributed by atoms with Gasteiger partial charge >= 0.3 is 12.0 Å². The molecule has 0 aliphatic heterocycles. The van der Waals surface area contributed by atoms with Crippen LogP contribution >= 0.6 is 0 Å². The molecular formula is C16H22N2O3. The predicted octanol–water partition coefficient (Wildman–Crippen LogP) is 2.88. The van der Waals surface area contributed by atoms with Gasteiger partial charge in [-0.3, -0.25) is 9.69 Å². The van der Waals surface area contributed by atoms with Crippen molar-refractivity contribution < 1.29 is 14.7 Å². The van der Waals surface area contributed by atoms with Crippen LogP contribution in [0.4, 0.5) is 10.5 Å². The lowest BCUT2D eigenvalue weighted by atomic mass is 10.2. The van der Waals surface area contributed by atoms with Crippen LogP contribution in [-0.4, -0.2) is 41.6 Å². The second kappa shape index (κ2) is 6.61. The highest BCUT2D eigenvalue weighted by Gasteiger charge is 2.30. The molecule has 0 unspecified atom stereocenters. The fraction of sp³-hybridized carbons (Fsp3) is 0.500. The van der Waals surface area contributed by atoms with Crippen molar-refractivity contribution in [3.8, 4) is 0 Å². The smallest absolute Gasteiger partial charge is 0.325 e. The van der Waals surface area contributed by atoms with E-state index in [1.807, 2.05) is 31.2 Å². The Morgan fingerprint density at radius 3 is 2.43 bits per heavy atom. The second-order valence-electron chi connectivity index (χ2n) is 5.59. The Morgan fingerprint density at radius 2 is 1.86 bits per heavy atom. The van der Waals surface area contributed by atoms with E-state index in [0.717, 1.165) is 36.9 Å². The molecule has 0 radical (unpaired) electrons. The first-order valence-corrected chi connectivity index (χ1v) is 7.32. The van der Waals surface area contributed by atoms with Crippen LogP contribution in [0.1, 0.15) is 31.2 Å². The van der Waals surface area contributed by atoms with E-state index in [-0.39, 0.29) is 18.6 Å². The summed E-state index contributed by atoms with van der Waals surface area (Å²) in [5.74, 6) is -0.964. The van der Waals surface area contributed by atoms with E-state index in [4.69, 9.17) is 5.11 Å². The molecule has 1 N–H and O–H groups in total. The molecule has 0 atom stereocenters. The van der Waals surface area contributed by atoms with Crippen LogP contribution in [0.25, 0.3) is 0 Å². The minimum absolute atomic E-state index is 0.0417. The van der Waals surface area contributed by atoms with Crippen LogP contribution in [-0.2, 0) is 4.79 Å². The van der Waals surface area contributed by atoms with Crippen LogP contribution in [0.5, 0.6) is 0 Å². The van der Waals surface area contributed by atoms with Gasteiger partial charge in [-0.25, -0.2) is 4.79 Å². The van der Waals surface area contributed by atoms with Crippen molar-refractivity contribution in [1.82, 2.24) is 4.90 Å². The van der Waals surface area contributed by atoms with Crippen LogP contribution in [0.3, 0.4) is 0 Å². The number of rotatable bonds is 4. The van der Waals surface area contributed by atoms with Gasteiger partial charge in [0.1, 0.15) is 6.54 Å². The van der Waals surface area contributed by atoms with E-state index in [1.54, 1.807) is 11.9 Å². The van der Waals surface area contributed by atoms with E-state index in [9.17, 15) is 9.59 Å². The third kappa shape index (κ3) is 3.54. The molecule has 0 aromatic heterocycles. The minimum Gasteiger partial charge on any atom is -0.480 e. The van der Waals surface area contributed by atoms with Crippen LogP contribution in [0.15, 0.2) is 24.3 Å². The molecule has 2 rings (SSSR count). The number of aryl methyl sites for hydroxylation is 1. The van der Waals surface area contributed by atoms with Crippen LogP contribution < -0.4 is 4.90 Å². The molecule has 114 valence electrons. The van der Waals surface area contributed by atoms with Gasteiger partial charge in [0, 0.05) is 18.8 Å². The van der Waals surface area contributed by atoms with Gasteiger partial charge in [-0.15, -0.1) is 0 Å². The number of amides is 2. The molecule has 1 aromatic rings. The molecule has 0 bridgehead atoms. The average molecular weight is 290 g/mol. The summed E-state index contributed by atoms with van der Waals surface area (Å²) in [5, 5.41) is 9.09. The maximum atomic E-state index is 12.7. The summed E-state index contributed by atoms with van der Waals surface area (Å²) in [5.41, 5.74) is 1.81. The predicted molar refractivity (Wildman–Crippen MR) is 81.6 cm³/mol. The van der Waals surface area contributed by atoms with Gasteiger partial charge < -0.3 is 10.0 Å². The second-order valence-corrected chi connectivity index (χ2v) is 5.59. The molecule has 0 spiro atoms. The Balaban J connectivity index is 2.20. The first kappa shape index (κ1) is 15.4. The number of nitrogens with zero attached hydrogens (tertiary/aromatic N) is 2. The van der Waals surface area contributed by atoms with Gasteiger partial charge in [-0.2, -0.15) is 0 Å². The van der Waals surface area contributed by atoms with Gasteiger partial charge in [0.2, 0.25) is 0 Å². The van der Waals surface area contributed by atoms with E-state index in [1.165, 1.54) is 4.90 Å². The number of para-hydroxylation sites is 1. The summed E-state index contributed by atoms with van der Waals surface area (Å²) in [7, 11) is 1.70. The molecule has 1 aromatic carbocycles. The van der Waals surface area contributed by atoms with Gasteiger partial charge in [0.15, 0.2) is 0 Å². The first-order valence-electron chi connectivity index (χ1n) is 7.32. The number of benzene rings is 1. The van der Waals surface area contributed by atoms with Gasteiger partial charge in [0.25, 0.3) is 0 Å². The SMILES string of the molecule is Cc1ccccc1N(C)C(=O)N(CC(=O)O)C1CCCC1. The molecule has 2 amide bonds. The number of anilines is 1. The van der Waals surface area contributed by atoms with Crippen molar-refractivity contribution in [2.45, 2.75) is 38.6 Å². The van der Waals surface area contributed by atoms with Crippen LogP contribution in [0, 0.1) is 6.92 Å².